The lowest BCUT2D eigenvalue weighted by Gasteiger charge is -2.34. The predicted molar refractivity (Wildman–Crippen MR) is 163 cm³/mol. The van der Waals surface area contributed by atoms with Crippen molar-refractivity contribution in [2.24, 2.45) is 0 Å². The Balaban J connectivity index is 1.76. The van der Waals surface area contributed by atoms with E-state index < -0.39 is 28.5 Å². The maximum atomic E-state index is 14.3. The fraction of sp³-hybridized carbons (Fsp3) is 0.375. The van der Waals surface area contributed by atoms with E-state index in [1.807, 2.05) is 75.4 Å². The van der Waals surface area contributed by atoms with Gasteiger partial charge in [-0.2, -0.15) is 0 Å². The summed E-state index contributed by atoms with van der Waals surface area (Å²) in [6.45, 7) is 7.07. The van der Waals surface area contributed by atoms with Gasteiger partial charge in [-0.05, 0) is 56.0 Å². The first-order valence-corrected chi connectivity index (χ1v) is 15.8. The molecule has 42 heavy (non-hydrogen) atoms. The molecule has 1 aliphatic heterocycles. The van der Waals surface area contributed by atoms with Crippen LogP contribution in [0.4, 0.5) is 5.69 Å². The molecule has 10 heteroatoms. The van der Waals surface area contributed by atoms with Gasteiger partial charge >= 0.3 is 0 Å². The highest BCUT2D eigenvalue weighted by Gasteiger charge is 2.34. The highest BCUT2D eigenvalue weighted by Crippen LogP contribution is 2.36. The van der Waals surface area contributed by atoms with Crippen LogP contribution in [0.2, 0.25) is 0 Å². The largest absolute Gasteiger partial charge is 0.454 e. The van der Waals surface area contributed by atoms with Gasteiger partial charge in [0.2, 0.25) is 28.6 Å². The Kier molecular flexibility index (Phi) is 10.1. The number of rotatable bonds is 13. The maximum absolute atomic E-state index is 14.3. The fourth-order valence-corrected chi connectivity index (χ4v) is 5.78. The van der Waals surface area contributed by atoms with Crippen LogP contribution >= 0.6 is 0 Å². The number of hydrogen-bond acceptors (Lipinski definition) is 6. The molecule has 2 atom stereocenters. The van der Waals surface area contributed by atoms with Crippen LogP contribution < -0.4 is 19.1 Å². The van der Waals surface area contributed by atoms with Gasteiger partial charge in [-0.15, -0.1) is 0 Å². The summed E-state index contributed by atoms with van der Waals surface area (Å²) in [7, 11) is -3.88. The first-order valence-electron chi connectivity index (χ1n) is 14.2. The van der Waals surface area contributed by atoms with E-state index in [0.29, 0.717) is 11.5 Å². The number of anilines is 1. The van der Waals surface area contributed by atoms with Crippen molar-refractivity contribution in [2.45, 2.75) is 59.2 Å². The SMILES string of the molecule is CCC(C)NC(=O)C(Cc1ccccc1)N(Cc1ccccc1C)C(=O)CN(c1ccc2c(c1)OCO2)S(=O)(=O)CC. The van der Waals surface area contributed by atoms with E-state index in [0.717, 1.165) is 27.4 Å². The van der Waals surface area contributed by atoms with E-state index in [2.05, 4.69) is 5.32 Å². The molecule has 3 aromatic carbocycles. The van der Waals surface area contributed by atoms with Crippen LogP contribution in [0.3, 0.4) is 0 Å². The van der Waals surface area contributed by atoms with Crippen molar-refractivity contribution in [3.63, 3.8) is 0 Å². The van der Waals surface area contributed by atoms with E-state index in [9.17, 15) is 18.0 Å². The second-order valence-electron chi connectivity index (χ2n) is 10.4. The zero-order valence-electron chi connectivity index (χ0n) is 24.6. The molecular weight excluding hydrogens is 554 g/mol. The van der Waals surface area contributed by atoms with E-state index in [1.54, 1.807) is 18.2 Å². The zero-order chi connectivity index (χ0) is 30.3. The third kappa shape index (κ3) is 7.42. The minimum Gasteiger partial charge on any atom is -0.454 e. The Hall–Kier alpha value is -4.05. The summed E-state index contributed by atoms with van der Waals surface area (Å²) in [4.78, 5) is 29.6. The van der Waals surface area contributed by atoms with Crippen LogP contribution in [0.15, 0.2) is 72.8 Å². The first kappa shape index (κ1) is 30.9. The molecule has 1 N–H and O–H groups in total. The Morgan fingerprint density at radius 1 is 0.952 bits per heavy atom. The Labute approximate surface area is 248 Å². The quantitative estimate of drug-likeness (QED) is 0.314. The Morgan fingerprint density at radius 2 is 1.64 bits per heavy atom. The van der Waals surface area contributed by atoms with Crippen LogP contribution in [-0.2, 0) is 32.6 Å². The monoisotopic (exact) mass is 593 g/mol. The summed E-state index contributed by atoms with van der Waals surface area (Å²) < 4.78 is 38.7. The number of nitrogens with zero attached hydrogens (tertiary/aromatic N) is 2. The van der Waals surface area contributed by atoms with E-state index >= 15 is 0 Å². The molecule has 224 valence electrons. The average molecular weight is 594 g/mol. The topological polar surface area (TPSA) is 105 Å². The molecule has 3 aromatic rings. The molecule has 0 aliphatic carbocycles. The second kappa shape index (κ2) is 13.7. The second-order valence-corrected chi connectivity index (χ2v) is 12.6. The summed E-state index contributed by atoms with van der Waals surface area (Å²) in [6, 6.07) is 21.0. The molecule has 1 aliphatic rings. The molecule has 0 spiro atoms. The minimum atomic E-state index is -3.88. The number of ether oxygens (including phenoxy) is 2. The molecule has 4 rings (SSSR count). The molecule has 2 unspecified atom stereocenters. The van der Waals surface area contributed by atoms with Gasteiger partial charge in [-0.3, -0.25) is 13.9 Å². The third-order valence-corrected chi connectivity index (χ3v) is 9.24. The molecular formula is C32H39N3O6S. The van der Waals surface area contributed by atoms with Gasteiger partial charge < -0.3 is 19.7 Å². The normalized spacial score (nSPS) is 13.7. The predicted octanol–water partition coefficient (Wildman–Crippen LogP) is 4.43. The van der Waals surface area contributed by atoms with E-state index in [4.69, 9.17) is 9.47 Å². The van der Waals surface area contributed by atoms with E-state index in [-0.39, 0.29) is 43.1 Å². The molecule has 0 saturated carbocycles. The summed E-state index contributed by atoms with van der Waals surface area (Å²) in [6.07, 6.45) is 0.994. The van der Waals surface area contributed by atoms with Gasteiger partial charge in [0.25, 0.3) is 0 Å². The van der Waals surface area contributed by atoms with Gasteiger partial charge in [-0.25, -0.2) is 8.42 Å². The number of carbonyl (C=O) groups is 2. The number of amides is 2. The molecule has 0 fully saturated rings. The summed E-state index contributed by atoms with van der Waals surface area (Å²) >= 11 is 0. The number of nitrogens with one attached hydrogen (secondary N) is 1. The van der Waals surface area contributed by atoms with Crippen molar-refractivity contribution in [3.8, 4) is 11.5 Å². The van der Waals surface area contributed by atoms with Crippen molar-refractivity contribution >= 4 is 27.5 Å². The van der Waals surface area contributed by atoms with Gasteiger partial charge in [0.05, 0.1) is 11.4 Å². The van der Waals surface area contributed by atoms with Crippen molar-refractivity contribution < 1.29 is 27.5 Å². The van der Waals surface area contributed by atoms with Gasteiger partial charge in [0, 0.05) is 25.1 Å². The molecule has 9 nitrogen and oxygen atoms in total. The number of fused-ring (bicyclic) bond motifs is 1. The Morgan fingerprint density at radius 3 is 2.33 bits per heavy atom. The Bertz CT molecular complexity index is 1500. The minimum absolute atomic E-state index is 0.0366. The van der Waals surface area contributed by atoms with Crippen LogP contribution in [0.1, 0.15) is 43.9 Å². The smallest absolute Gasteiger partial charge is 0.244 e. The number of hydrogen-bond donors (Lipinski definition) is 1. The van der Waals surface area contributed by atoms with Gasteiger partial charge in [0.1, 0.15) is 12.6 Å². The lowest BCUT2D eigenvalue weighted by molar-refractivity contribution is -0.140. The van der Waals surface area contributed by atoms with Crippen LogP contribution in [0.5, 0.6) is 11.5 Å². The summed E-state index contributed by atoms with van der Waals surface area (Å²) in [5.41, 5.74) is 3.00. The standard InChI is InChI=1S/C32H39N3O6S/c1-5-24(4)33-32(37)28(18-25-13-8-7-9-14-25)34(20-26-15-11-10-12-23(26)3)31(36)21-35(42(38,39)6-2)27-16-17-29-30(19-27)41-22-40-29/h7-17,19,24,28H,5-6,18,20-22H2,1-4H3,(H,33,37). The fourth-order valence-electron chi connectivity index (χ4n) is 4.73. The molecule has 0 bridgehead atoms. The summed E-state index contributed by atoms with van der Waals surface area (Å²) in [5, 5.41) is 3.05. The van der Waals surface area contributed by atoms with Crippen LogP contribution in [0, 0.1) is 6.92 Å². The third-order valence-electron chi connectivity index (χ3n) is 7.50. The molecule has 0 aromatic heterocycles. The number of carbonyl (C=O) groups excluding carboxylic acids is 2. The number of aryl methyl sites for hydroxylation is 1. The van der Waals surface area contributed by atoms with Crippen molar-refractivity contribution in [2.75, 3.05) is 23.4 Å². The zero-order valence-corrected chi connectivity index (χ0v) is 25.4. The lowest BCUT2D eigenvalue weighted by Crippen LogP contribution is -2.54. The lowest BCUT2D eigenvalue weighted by atomic mass is 10.0. The molecule has 2 amide bonds. The highest BCUT2D eigenvalue weighted by molar-refractivity contribution is 7.92. The highest BCUT2D eigenvalue weighted by atomic mass is 32.2. The number of sulfonamides is 1. The molecule has 0 saturated heterocycles. The number of benzene rings is 3. The molecule has 1 heterocycles. The van der Waals surface area contributed by atoms with Crippen molar-refractivity contribution in [3.05, 3.63) is 89.5 Å². The average Bonchev–Trinajstić information content (AvgIpc) is 3.46. The van der Waals surface area contributed by atoms with Gasteiger partial charge in [0.15, 0.2) is 11.5 Å². The van der Waals surface area contributed by atoms with Crippen LogP contribution in [0.25, 0.3) is 0 Å². The maximum Gasteiger partial charge on any atom is 0.244 e. The molecule has 0 radical (unpaired) electrons. The first-order chi connectivity index (χ1) is 20.1. The van der Waals surface area contributed by atoms with Crippen molar-refractivity contribution in [1.82, 2.24) is 10.2 Å². The van der Waals surface area contributed by atoms with E-state index in [1.165, 1.54) is 11.8 Å². The van der Waals surface area contributed by atoms with Crippen molar-refractivity contribution in [1.29, 1.82) is 0 Å². The van der Waals surface area contributed by atoms with Gasteiger partial charge in [-0.1, -0.05) is 61.5 Å². The van der Waals surface area contributed by atoms with Crippen LogP contribution in [-0.4, -0.2) is 56.3 Å². The summed E-state index contributed by atoms with van der Waals surface area (Å²) in [5.74, 6) is -0.0852.